The van der Waals surface area contributed by atoms with Gasteiger partial charge in [0.2, 0.25) is 0 Å². The minimum Gasteiger partial charge on any atom is -0.756 e. The topological polar surface area (TPSA) is 111 Å². The maximum atomic E-state index is 12.9. The molecule has 0 rings (SSSR count). The summed E-state index contributed by atoms with van der Waals surface area (Å²) in [5.41, 5.74) is 0. The summed E-state index contributed by atoms with van der Waals surface area (Å²) in [7, 11) is 1.15. The highest BCUT2D eigenvalue weighted by Crippen LogP contribution is 2.38. The van der Waals surface area contributed by atoms with Gasteiger partial charge in [-0.25, -0.2) is 0 Å². The highest BCUT2D eigenvalue weighted by Gasteiger charge is 2.22. The lowest BCUT2D eigenvalue weighted by molar-refractivity contribution is -0.870. The van der Waals surface area contributed by atoms with E-state index in [2.05, 4.69) is 148 Å². The number of allylic oxidation sites excluding steroid dienone is 22. The maximum absolute atomic E-state index is 12.9. The lowest BCUT2D eigenvalue weighted by atomic mass is 10.0. The summed E-state index contributed by atoms with van der Waals surface area (Å²) in [6.45, 7) is 4.12. The zero-order chi connectivity index (χ0) is 71.1. The van der Waals surface area contributed by atoms with Crippen molar-refractivity contribution in [3.8, 4) is 0 Å². The number of carbonyl (C=O) groups is 2. The van der Waals surface area contributed by atoms with E-state index in [1.165, 1.54) is 212 Å². The van der Waals surface area contributed by atoms with Crippen LogP contribution in [0.25, 0.3) is 0 Å². The first-order chi connectivity index (χ1) is 48.0. The number of hydrogen-bond acceptors (Lipinski definition) is 8. The van der Waals surface area contributed by atoms with Crippen LogP contribution in [0, 0.1) is 0 Å². The number of unbranched alkanes of at least 4 members (excludes halogenated alkanes) is 39. The number of phosphoric ester groups is 1. The average molecular weight is 1390 g/mol. The van der Waals surface area contributed by atoms with Crippen molar-refractivity contribution in [2.24, 2.45) is 0 Å². The lowest BCUT2D eigenvalue weighted by Gasteiger charge is -2.28. The Morgan fingerprint density at radius 2 is 0.582 bits per heavy atom. The van der Waals surface area contributed by atoms with Crippen molar-refractivity contribution in [3.05, 3.63) is 134 Å². The van der Waals surface area contributed by atoms with Crippen molar-refractivity contribution < 1.29 is 42.1 Å². The minimum absolute atomic E-state index is 0.0399. The molecular formula is C88H154NO8P. The molecule has 0 aliphatic carbocycles. The number of hydrogen-bond donors (Lipinski definition) is 0. The third-order valence-electron chi connectivity index (χ3n) is 17.7. The van der Waals surface area contributed by atoms with Crippen molar-refractivity contribution >= 4 is 19.8 Å². The summed E-state index contributed by atoms with van der Waals surface area (Å²) in [6, 6.07) is 0. The van der Waals surface area contributed by atoms with Crippen LogP contribution in [0.3, 0.4) is 0 Å². The molecule has 0 fully saturated rings. The van der Waals surface area contributed by atoms with Crippen molar-refractivity contribution in [1.82, 2.24) is 0 Å². The first-order valence-corrected chi connectivity index (χ1v) is 42.4. The molecule has 0 saturated heterocycles. The van der Waals surface area contributed by atoms with Crippen LogP contribution < -0.4 is 4.89 Å². The number of likely N-dealkylation sites (N-methyl/N-ethyl adjacent to an activating group) is 1. The van der Waals surface area contributed by atoms with E-state index in [0.717, 1.165) is 116 Å². The van der Waals surface area contributed by atoms with Crippen molar-refractivity contribution in [2.75, 3.05) is 47.5 Å². The second-order valence-electron chi connectivity index (χ2n) is 28.4. The van der Waals surface area contributed by atoms with E-state index in [-0.39, 0.29) is 32.0 Å². The van der Waals surface area contributed by atoms with Crippen LogP contribution in [0.15, 0.2) is 134 Å². The van der Waals surface area contributed by atoms with Gasteiger partial charge in [-0.3, -0.25) is 14.2 Å². The second-order valence-corrected chi connectivity index (χ2v) is 29.8. The number of quaternary nitrogens is 1. The Kier molecular flexibility index (Phi) is 74.3. The molecule has 0 aliphatic rings. The molecule has 0 aliphatic heterocycles. The summed E-state index contributed by atoms with van der Waals surface area (Å²) >= 11 is 0. The fourth-order valence-electron chi connectivity index (χ4n) is 11.4. The number of rotatable bonds is 75. The maximum Gasteiger partial charge on any atom is 0.306 e. The van der Waals surface area contributed by atoms with E-state index >= 15 is 0 Å². The fraction of sp³-hybridized carbons (Fsp3) is 0.727. The molecule has 0 radical (unpaired) electrons. The van der Waals surface area contributed by atoms with Gasteiger partial charge >= 0.3 is 11.9 Å². The van der Waals surface area contributed by atoms with Gasteiger partial charge in [-0.1, -0.05) is 366 Å². The number of nitrogens with zero attached hydrogens (tertiary/aromatic N) is 1. The minimum atomic E-state index is -4.66. The molecule has 0 spiro atoms. The molecule has 2 unspecified atom stereocenters. The van der Waals surface area contributed by atoms with Gasteiger partial charge in [-0.15, -0.1) is 0 Å². The Labute approximate surface area is 606 Å². The SMILES string of the molecule is CC/C=C\C/C=C\C/C=C\C/C=C\C/C=C\C/C=C\C/C=C\C/C=C\C/C=C\CCCCCCCC(=O)OC(COC(=O)CCCCCCCCCCCCCCCCCCCCCCCCCCCCCCC/C=C\C/C=C\CCCCCCC)COP(=O)([O-])OCC[N+](C)(C)C. The Hall–Kier alpha value is -3.85. The number of carbonyl (C=O) groups excluding carboxylic acids is 2. The third kappa shape index (κ3) is 81.1. The van der Waals surface area contributed by atoms with E-state index < -0.39 is 26.5 Å². The van der Waals surface area contributed by atoms with Crippen molar-refractivity contribution in [1.29, 1.82) is 0 Å². The summed E-state index contributed by atoms with van der Waals surface area (Å²) < 4.78 is 34.4. The molecule has 0 bridgehead atoms. The fourth-order valence-corrected chi connectivity index (χ4v) is 12.2. The van der Waals surface area contributed by atoms with Crippen LogP contribution in [-0.4, -0.2) is 70.0 Å². The van der Waals surface area contributed by atoms with Crippen LogP contribution in [0.2, 0.25) is 0 Å². The molecule has 0 aromatic carbocycles. The predicted octanol–water partition coefficient (Wildman–Crippen LogP) is 26.9. The Balaban J connectivity index is 3.98. The van der Waals surface area contributed by atoms with Crippen molar-refractivity contribution in [3.63, 3.8) is 0 Å². The van der Waals surface area contributed by atoms with Crippen LogP contribution in [-0.2, 0) is 32.7 Å². The Bertz CT molecular complexity index is 2120. The molecule has 0 saturated carbocycles. The number of phosphoric acid groups is 1. The van der Waals surface area contributed by atoms with Crippen LogP contribution in [0.4, 0.5) is 0 Å². The zero-order valence-electron chi connectivity index (χ0n) is 64.5. The van der Waals surface area contributed by atoms with E-state index in [0.29, 0.717) is 17.4 Å². The van der Waals surface area contributed by atoms with Gasteiger partial charge in [0.15, 0.2) is 6.10 Å². The highest BCUT2D eigenvalue weighted by atomic mass is 31.2. The molecule has 10 heteroatoms. The molecular weight excluding hydrogens is 1230 g/mol. The normalized spacial score (nSPS) is 13.7. The van der Waals surface area contributed by atoms with Gasteiger partial charge in [0, 0.05) is 12.8 Å². The Morgan fingerprint density at radius 1 is 0.327 bits per heavy atom. The van der Waals surface area contributed by atoms with Gasteiger partial charge in [0.05, 0.1) is 27.7 Å². The molecule has 9 nitrogen and oxygen atoms in total. The van der Waals surface area contributed by atoms with Gasteiger partial charge in [0.25, 0.3) is 7.82 Å². The van der Waals surface area contributed by atoms with E-state index in [4.69, 9.17) is 18.5 Å². The average Bonchev–Trinajstić information content (AvgIpc) is 1.08. The molecule has 98 heavy (non-hydrogen) atoms. The first kappa shape index (κ1) is 94.2. The standard InChI is InChI=1S/C88H154NO8P/c1-6-8-10-12-14-16-18-20-22-24-26-28-30-32-34-36-38-40-41-42-43-44-45-46-47-49-50-52-54-56-58-60-62-64-66-68-70-72-74-76-78-80-87(90)94-84-86(85-96-98(92,93)95-83-82-89(3,4)5)97-88(91)81-79-77-75-73-71-69-67-65-63-61-59-57-55-53-51-48-39-37-35-33-31-29-27-25-23-21-19-17-15-13-11-9-7-2/h9,11,15,17-18,20-21,23-24,26-27,29,33,35,39,48,53,55,59,61,65,67,86H,6-8,10,12-14,16,19,22,25,28,30-32,34,36-38,40-47,49-52,54,56-58,60,62-64,66,68-85H2,1-5H3/b11-9-,17-15-,20-18-,23-21-,26-24-,29-27-,35-33-,48-39-,55-53-,61-59-,67-65-. The van der Waals surface area contributed by atoms with Crippen LogP contribution in [0.5, 0.6) is 0 Å². The first-order valence-electron chi connectivity index (χ1n) is 40.9. The van der Waals surface area contributed by atoms with Gasteiger partial charge in [-0.05, 0) is 116 Å². The monoisotopic (exact) mass is 1380 g/mol. The zero-order valence-corrected chi connectivity index (χ0v) is 65.3. The molecule has 0 aromatic heterocycles. The van der Waals surface area contributed by atoms with E-state index in [1.807, 2.05) is 21.1 Å². The molecule has 0 amide bonds. The second kappa shape index (κ2) is 77.3. The van der Waals surface area contributed by atoms with Crippen LogP contribution >= 0.6 is 7.82 Å². The number of esters is 2. The van der Waals surface area contributed by atoms with Gasteiger partial charge < -0.3 is 27.9 Å². The quantitative estimate of drug-likeness (QED) is 0.0195. The van der Waals surface area contributed by atoms with E-state index in [9.17, 15) is 19.0 Å². The molecule has 0 N–H and O–H groups in total. The van der Waals surface area contributed by atoms with Crippen LogP contribution in [0.1, 0.15) is 361 Å². The summed E-state index contributed by atoms with van der Waals surface area (Å²) in [4.78, 5) is 38.2. The summed E-state index contributed by atoms with van der Waals surface area (Å²) in [5, 5.41) is 0. The molecule has 2 atom stereocenters. The highest BCUT2D eigenvalue weighted by molar-refractivity contribution is 7.45. The summed E-state index contributed by atoms with van der Waals surface area (Å²) in [6.07, 6.45) is 113. The molecule has 564 valence electrons. The Morgan fingerprint density at radius 3 is 0.867 bits per heavy atom. The van der Waals surface area contributed by atoms with Crippen molar-refractivity contribution in [2.45, 2.75) is 367 Å². The number of ether oxygens (including phenoxy) is 2. The summed E-state index contributed by atoms with van der Waals surface area (Å²) in [5.74, 6) is -0.850. The van der Waals surface area contributed by atoms with Gasteiger partial charge in [0.1, 0.15) is 19.8 Å². The van der Waals surface area contributed by atoms with Gasteiger partial charge in [-0.2, -0.15) is 0 Å². The molecule has 0 aromatic rings. The largest absolute Gasteiger partial charge is 0.756 e. The smallest absolute Gasteiger partial charge is 0.306 e. The predicted molar refractivity (Wildman–Crippen MR) is 424 cm³/mol. The third-order valence-corrected chi connectivity index (χ3v) is 18.6. The molecule has 0 heterocycles. The van der Waals surface area contributed by atoms with E-state index in [1.54, 1.807) is 0 Å². The lowest BCUT2D eigenvalue weighted by Crippen LogP contribution is -2.37.